The maximum atomic E-state index is 5.76. The van der Waals surface area contributed by atoms with Gasteiger partial charge in [-0.15, -0.1) is 0 Å². The van der Waals surface area contributed by atoms with E-state index in [9.17, 15) is 0 Å². The minimum Gasteiger partial charge on any atom is -0.339 e. The van der Waals surface area contributed by atoms with Crippen LogP contribution in [-0.4, -0.2) is 9.97 Å². The fourth-order valence-corrected chi connectivity index (χ4v) is 1.57. The monoisotopic (exact) mass is 233 g/mol. The first-order valence-corrected chi connectivity index (χ1v) is 5.49. The van der Waals surface area contributed by atoms with Gasteiger partial charge in [0.25, 0.3) is 0 Å². The van der Waals surface area contributed by atoms with Gasteiger partial charge >= 0.3 is 0 Å². The van der Waals surface area contributed by atoms with E-state index >= 15 is 0 Å². The molecule has 1 heterocycles. The van der Waals surface area contributed by atoms with Gasteiger partial charge in [0, 0.05) is 5.69 Å². The first-order valence-electron chi connectivity index (χ1n) is 5.11. The molecule has 2 rings (SSSR count). The van der Waals surface area contributed by atoms with Crippen LogP contribution < -0.4 is 5.32 Å². The molecule has 82 valence electrons. The van der Waals surface area contributed by atoms with Gasteiger partial charge in [0.1, 0.15) is 5.15 Å². The number of nitrogens with zero attached hydrogens (tertiary/aromatic N) is 2. The molecule has 0 aliphatic rings. The lowest BCUT2D eigenvalue weighted by Crippen LogP contribution is -1.95. The predicted molar refractivity (Wildman–Crippen MR) is 66.1 cm³/mol. The molecule has 0 aliphatic carbocycles. The lowest BCUT2D eigenvalue weighted by molar-refractivity contribution is 1.14. The molecule has 0 fully saturated rings. The average Bonchev–Trinajstić information content (AvgIpc) is 2.29. The van der Waals surface area contributed by atoms with E-state index in [4.69, 9.17) is 11.6 Å². The van der Waals surface area contributed by atoms with Gasteiger partial charge in [0.15, 0.2) is 5.82 Å². The fraction of sp³-hybridized carbons (Fsp3) is 0.167. The molecule has 0 saturated heterocycles. The third kappa shape index (κ3) is 2.70. The molecule has 1 aromatic heterocycles. The van der Waals surface area contributed by atoms with Crippen molar-refractivity contribution in [2.24, 2.45) is 0 Å². The Morgan fingerprint density at radius 1 is 1.31 bits per heavy atom. The molecule has 0 saturated carbocycles. The number of hydrogen-bond acceptors (Lipinski definition) is 3. The zero-order valence-electron chi connectivity index (χ0n) is 8.94. The minimum atomic E-state index is 0.386. The van der Waals surface area contributed by atoms with E-state index in [1.54, 1.807) is 6.20 Å². The largest absolute Gasteiger partial charge is 0.339 e. The lowest BCUT2D eigenvalue weighted by Gasteiger charge is -2.06. The molecular formula is C12H12ClN3. The molecule has 0 unspecified atom stereocenters. The van der Waals surface area contributed by atoms with Crippen molar-refractivity contribution >= 4 is 23.1 Å². The first kappa shape index (κ1) is 10.9. The first-order chi connectivity index (χ1) is 7.78. The van der Waals surface area contributed by atoms with Crippen molar-refractivity contribution in [2.45, 2.75) is 13.3 Å². The molecule has 16 heavy (non-hydrogen) atoms. The van der Waals surface area contributed by atoms with Gasteiger partial charge in [-0.2, -0.15) is 0 Å². The van der Waals surface area contributed by atoms with E-state index in [-0.39, 0.29) is 0 Å². The van der Waals surface area contributed by atoms with Crippen molar-refractivity contribution in [3.8, 4) is 0 Å². The summed E-state index contributed by atoms with van der Waals surface area (Å²) in [6.07, 6.45) is 4.16. The van der Waals surface area contributed by atoms with Crippen LogP contribution in [0.1, 0.15) is 12.5 Å². The summed E-state index contributed by atoms with van der Waals surface area (Å²) < 4.78 is 0. The van der Waals surface area contributed by atoms with Gasteiger partial charge in [-0.05, 0) is 24.1 Å². The fourth-order valence-electron chi connectivity index (χ4n) is 1.42. The second-order valence-corrected chi connectivity index (χ2v) is 3.79. The van der Waals surface area contributed by atoms with Crippen LogP contribution in [0.5, 0.6) is 0 Å². The molecule has 4 heteroatoms. The van der Waals surface area contributed by atoms with Gasteiger partial charge in [0.2, 0.25) is 0 Å². The lowest BCUT2D eigenvalue weighted by atomic mass is 10.1. The quantitative estimate of drug-likeness (QED) is 0.883. The molecular weight excluding hydrogens is 222 g/mol. The number of nitrogens with one attached hydrogen (secondary N) is 1. The molecule has 0 amide bonds. The Morgan fingerprint density at radius 2 is 2.19 bits per heavy atom. The number of benzene rings is 1. The number of anilines is 2. The Balaban J connectivity index is 2.20. The summed E-state index contributed by atoms with van der Waals surface area (Å²) in [7, 11) is 0. The van der Waals surface area contributed by atoms with Crippen molar-refractivity contribution in [1.82, 2.24) is 9.97 Å². The molecule has 2 aromatic rings. The summed E-state index contributed by atoms with van der Waals surface area (Å²) in [6, 6.07) is 8.18. The van der Waals surface area contributed by atoms with Crippen LogP contribution in [0.4, 0.5) is 11.5 Å². The SMILES string of the molecule is CCc1cccc(Nc2cncc(Cl)n2)c1. The highest BCUT2D eigenvalue weighted by atomic mass is 35.5. The zero-order chi connectivity index (χ0) is 11.4. The van der Waals surface area contributed by atoms with Gasteiger partial charge in [0.05, 0.1) is 12.4 Å². The van der Waals surface area contributed by atoms with Gasteiger partial charge in [-0.25, -0.2) is 4.98 Å². The topological polar surface area (TPSA) is 37.8 Å². The maximum absolute atomic E-state index is 5.76. The van der Waals surface area contributed by atoms with Crippen LogP contribution in [-0.2, 0) is 6.42 Å². The summed E-state index contributed by atoms with van der Waals surface area (Å²) in [6.45, 7) is 2.12. The minimum absolute atomic E-state index is 0.386. The van der Waals surface area contributed by atoms with Gasteiger partial charge < -0.3 is 5.32 Å². The van der Waals surface area contributed by atoms with Crippen LogP contribution in [0.3, 0.4) is 0 Å². The predicted octanol–water partition coefficient (Wildman–Crippen LogP) is 3.44. The number of rotatable bonds is 3. The van der Waals surface area contributed by atoms with Crippen LogP contribution in [0, 0.1) is 0 Å². The van der Waals surface area contributed by atoms with Crippen LogP contribution in [0.25, 0.3) is 0 Å². The molecule has 0 spiro atoms. The average molecular weight is 234 g/mol. The van der Waals surface area contributed by atoms with E-state index in [0.717, 1.165) is 12.1 Å². The van der Waals surface area contributed by atoms with E-state index in [1.165, 1.54) is 11.8 Å². The summed E-state index contributed by atoms with van der Waals surface area (Å²) in [5.41, 5.74) is 2.27. The normalized spacial score (nSPS) is 10.1. The standard InChI is InChI=1S/C12H12ClN3/c1-2-9-4-3-5-10(6-9)15-12-8-14-7-11(13)16-12/h3-8H,2H2,1H3,(H,15,16). The van der Waals surface area contributed by atoms with Gasteiger partial charge in [-0.3, -0.25) is 4.98 Å². The van der Waals surface area contributed by atoms with Crippen LogP contribution in [0.2, 0.25) is 5.15 Å². The van der Waals surface area contributed by atoms with Crippen LogP contribution >= 0.6 is 11.6 Å². The highest BCUT2D eigenvalue weighted by Gasteiger charge is 1.98. The molecule has 0 atom stereocenters. The van der Waals surface area contributed by atoms with Crippen molar-refractivity contribution in [1.29, 1.82) is 0 Å². The Bertz CT molecular complexity index is 485. The van der Waals surface area contributed by atoms with E-state index < -0.39 is 0 Å². The summed E-state index contributed by atoms with van der Waals surface area (Å²) in [4.78, 5) is 8.08. The van der Waals surface area contributed by atoms with E-state index in [0.29, 0.717) is 11.0 Å². The number of hydrogen-bond donors (Lipinski definition) is 1. The molecule has 0 aliphatic heterocycles. The second kappa shape index (κ2) is 4.94. The van der Waals surface area contributed by atoms with Crippen molar-refractivity contribution in [3.63, 3.8) is 0 Å². The molecule has 0 bridgehead atoms. The third-order valence-electron chi connectivity index (χ3n) is 2.21. The van der Waals surface area contributed by atoms with Crippen LogP contribution in [0.15, 0.2) is 36.7 Å². The summed E-state index contributed by atoms with van der Waals surface area (Å²) in [5.74, 6) is 0.653. The molecule has 3 nitrogen and oxygen atoms in total. The maximum Gasteiger partial charge on any atom is 0.150 e. The highest BCUT2D eigenvalue weighted by molar-refractivity contribution is 6.29. The van der Waals surface area contributed by atoms with Crippen molar-refractivity contribution in [2.75, 3.05) is 5.32 Å². The second-order valence-electron chi connectivity index (χ2n) is 3.41. The van der Waals surface area contributed by atoms with Crippen molar-refractivity contribution in [3.05, 3.63) is 47.4 Å². The Hall–Kier alpha value is -1.61. The van der Waals surface area contributed by atoms with Gasteiger partial charge in [-0.1, -0.05) is 30.7 Å². The zero-order valence-corrected chi connectivity index (χ0v) is 9.70. The highest BCUT2D eigenvalue weighted by Crippen LogP contribution is 2.16. The Kier molecular flexibility index (Phi) is 3.37. The molecule has 1 N–H and O–H groups in total. The van der Waals surface area contributed by atoms with E-state index in [2.05, 4.69) is 34.3 Å². The Labute approximate surface area is 99.5 Å². The van der Waals surface area contributed by atoms with Crippen molar-refractivity contribution < 1.29 is 0 Å². The molecule has 0 radical (unpaired) electrons. The third-order valence-corrected chi connectivity index (χ3v) is 2.39. The van der Waals surface area contributed by atoms with E-state index in [1.807, 2.05) is 12.1 Å². The Morgan fingerprint density at radius 3 is 2.94 bits per heavy atom. The molecule has 1 aromatic carbocycles. The number of aromatic nitrogens is 2. The summed E-state index contributed by atoms with van der Waals surface area (Å²) >= 11 is 5.76. The number of aryl methyl sites for hydroxylation is 1. The number of halogens is 1. The smallest absolute Gasteiger partial charge is 0.150 e. The summed E-state index contributed by atoms with van der Waals surface area (Å²) in [5, 5.41) is 3.55.